The molecular weight excluding hydrogens is 333 g/mol. The number of fused-ring (bicyclic) bond motifs is 1. The summed E-state index contributed by atoms with van der Waals surface area (Å²) < 4.78 is 5.62. The van der Waals surface area contributed by atoms with E-state index in [9.17, 15) is 4.79 Å². The first-order valence-electron chi connectivity index (χ1n) is 4.80. The van der Waals surface area contributed by atoms with E-state index < -0.39 is 5.97 Å². The van der Waals surface area contributed by atoms with Crippen LogP contribution in [0.25, 0.3) is 10.9 Å². The molecule has 1 aromatic heterocycles. The number of aromatic nitrogens is 1. The third kappa shape index (κ3) is 2.18. The van der Waals surface area contributed by atoms with Gasteiger partial charge in [0.05, 0.1) is 23.9 Å². The van der Waals surface area contributed by atoms with Gasteiger partial charge in [-0.3, -0.25) is 10.8 Å². The van der Waals surface area contributed by atoms with Crippen LogP contribution in [0.4, 0.5) is 5.69 Å². The molecule has 3 N–H and O–H groups in total. The van der Waals surface area contributed by atoms with Gasteiger partial charge in [0.15, 0.2) is 0 Å². The lowest BCUT2D eigenvalue weighted by molar-refractivity contribution is 0.0600. The highest BCUT2D eigenvalue weighted by Gasteiger charge is 2.10. The van der Waals surface area contributed by atoms with Crippen LogP contribution < -0.4 is 11.3 Å². The number of ether oxygens (including phenoxy) is 1. The van der Waals surface area contributed by atoms with Gasteiger partial charge in [-0.05, 0) is 40.8 Å². The highest BCUT2D eigenvalue weighted by atomic mass is 127. The molecule has 17 heavy (non-hydrogen) atoms. The average Bonchev–Trinajstić information content (AvgIpc) is 2.37. The van der Waals surface area contributed by atoms with Crippen molar-refractivity contribution in [3.05, 3.63) is 33.5 Å². The summed E-state index contributed by atoms with van der Waals surface area (Å²) in [7, 11) is 1.34. The Hall–Kier alpha value is -1.41. The largest absolute Gasteiger partial charge is 0.465 e. The SMILES string of the molecule is COC(=O)c1cnc2ccc(I)c(NN)c2c1. The lowest BCUT2D eigenvalue weighted by atomic mass is 10.1. The standard InChI is InChI=1S/C11H10IN3O2/c1-17-11(16)6-4-7-9(14-5-6)3-2-8(12)10(7)15-13/h2-5,15H,13H2,1H3. The molecule has 5 nitrogen and oxygen atoms in total. The van der Waals surface area contributed by atoms with Crippen molar-refractivity contribution in [2.45, 2.75) is 0 Å². The molecule has 0 aliphatic carbocycles. The number of esters is 1. The topological polar surface area (TPSA) is 77.2 Å². The van der Waals surface area contributed by atoms with Crippen LogP contribution in [0.3, 0.4) is 0 Å². The summed E-state index contributed by atoms with van der Waals surface area (Å²) in [5.41, 5.74) is 4.54. The molecule has 0 fully saturated rings. The molecule has 0 atom stereocenters. The molecule has 0 spiro atoms. The summed E-state index contributed by atoms with van der Waals surface area (Å²) in [5.74, 6) is 5.06. The molecular formula is C11H10IN3O2. The van der Waals surface area contributed by atoms with Crippen molar-refractivity contribution in [2.24, 2.45) is 5.84 Å². The number of hydrogen-bond acceptors (Lipinski definition) is 5. The quantitative estimate of drug-likeness (QED) is 0.377. The zero-order valence-corrected chi connectivity index (χ0v) is 11.2. The Kier molecular flexibility index (Phi) is 3.43. The number of hydrogen-bond donors (Lipinski definition) is 2. The minimum Gasteiger partial charge on any atom is -0.465 e. The van der Waals surface area contributed by atoms with Gasteiger partial charge in [0.1, 0.15) is 0 Å². The molecule has 0 saturated carbocycles. The molecule has 0 radical (unpaired) electrons. The van der Waals surface area contributed by atoms with Crippen molar-refractivity contribution in [3.8, 4) is 0 Å². The predicted molar refractivity (Wildman–Crippen MR) is 73.6 cm³/mol. The van der Waals surface area contributed by atoms with E-state index in [1.165, 1.54) is 13.3 Å². The molecule has 1 heterocycles. The number of carbonyl (C=O) groups is 1. The van der Waals surface area contributed by atoms with Gasteiger partial charge in [-0.25, -0.2) is 4.79 Å². The maximum absolute atomic E-state index is 11.4. The fraction of sp³-hybridized carbons (Fsp3) is 0.0909. The number of anilines is 1. The van der Waals surface area contributed by atoms with Crippen molar-refractivity contribution < 1.29 is 9.53 Å². The third-order valence-electron chi connectivity index (χ3n) is 2.38. The van der Waals surface area contributed by atoms with Gasteiger partial charge in [0.25, 0.3) is 0 Å². The molecule has 88 valence electrons. The van der Waals surface area contributed by atoms with Crippen LogP contribution in [0.1, 0.15) is 10.4 Å². The smallest absolute Gasteiger partial charge is 0.339 e. The van der Waals surface area contributed by atoms with Crippen LogP contribution in [-0.2, 0) is 4.74 Å². The van der Waals surface area contributed by atoms with Crippen molar-refractivity contribution in [2.75, 3.05) is 12.5 Å². The van der Waals surface area contributed by atoms with E-state index in [2.05, 4.69) is 37.7 Å². The Labute approximate surface area is 111 Å². The first-order valence-corrected chi connectivity index (χ1v) is 5.88. The van der Waals surface area contributed by atoms with Crippen LogP contribution in [0.5, 0.6) is 0 Å². The maximum atomic E-state index is 11.4. The molecule has 2 rings (SSSR count). The zero-order valence-electron chi connectivity index (χ0n) is 9.03. The second-order valence-corrected chi connectivity index (χ2v) is 4.51. The number of pyridine rings is 1. The highest BCUT2D eigenvalue weighted by molar-refractivity contribution is 14.1. The number of methoxy groups -OCH3 is 1. The van der Waals surface area contributed by atoms with Crippen LogP contribution >= 0.6 is 22.6 Å². The molecule has 0 saturated heterocycles. The molecule has 0 unspecified atom stereocenters. The first-order chi connectivity index (χ1) is 8.17. The number of carbonyl (C=O) groups excluding carboxylic acids is 1. The molecule has 6 heteroatoms. The number of nitrogen functional groups attached to an aromatic ring is 1. The van der Waals surface area contributed by atoms with E-state index in [4.69, 9.17) is 5.84 Å². The highest BCUT2D eigenvalue weighted by Crippen LogP contribution is 2.27. The summed E-state index contributed by atoms with van der Waals surface area (Å²) in [6.07, 6.45) is 1.49. The van der Waals surface area contributed by atoms with Gasteiger partial charge in [-0.1, -0.05) is 0 Å². The van der Waals surface area contributed by atoms with E-state index in [0.717, 1.165) is 20.2 Å². The van der Waals surface area contributed by atoms with E-state index in [1.54, 1.807) is 6.07 Å². The van der Waals surface area contributed by atoms with Crippen LogP contribution in [-0.4, -0.2) is 18.1 Å². The molecule has 0 aliphatic heterocycles. The second-order valence-electron chi connectivity index (χ2n) is 3.35. The van der Waals surface area contributed by atoms with Crippen molar-refractivity contribution >= 4 is 45.2 Å². The number of halogens is 1. The fourth-order valence-corrected chi connectivity index (χ4v) is 2.17. The van der Waals surface area contributed by atoms with E-state index >= 15 is 0 Å². The second kappa shape index (κ2) is 4.84. The number of nitrogens with two attached hydrogens (primary N) is 1. The van der Waals surface area contributed by atoms with E-state index in [-0.39, 0.29) is 0 Å². The predicted octanol–water partition coefficient (Wildman–Crippen LogP) is 1.91. The summed E-state index contributed by atoms with van der Waals surface area (Å²) in [5, 5.41) is 0.794. The first kappa shape index (κ1) is 12.1. The van der Waals surface area contributed by atoms with Gasteiger partial charge in [0.2, 0.25) is 0 Å². The lowest BCUT2D eigenvalue weighted by Crippen LogP contribution is -2.09. The minimum absolute atomic E-state index is 0.401. The number of benzene rings is 1. The molecule has 2 aromatic rings. The summed E-state index contributed by atoms with van der Waals surface area (Å²) in [6, 6.07) is 5.49. The van der Waals surface area contributed by atoms with Crippen molar-refractivity contribution in [1.29, 1.82) is 0 Å². The van der Waals surface area contributed by atoms with E-state index in [1.807, 2.05) is 12.1 Å². The lowest BCUT2D eigenvalue weighted by Gasteiger charge is -2.08. The number of hydrazine groups is 1. The summed E-state index contributed by atoms with van der Waals surface area (Å²) >= 11 is 2.16. The molecule has 0 aliphatic rings. The molecule has 0 bridgehead atoms. The van der Waals surface area contributed by atoms with Gasteiger partial charge in [-0.15, -0.1) is 0 Å². The Morgan fingerprint density at radius 1 is 1.53 bits per heavy atom. The summed E-state index contributed by atoms with van der Waals surface area (Å²) in [6.45, 7) is 0. The van der Waals surface area contributed by atoms with Crippen LogP contribution in [0, 0.1) is 3.57 Å². The number of nitrogens with one attached hydrogen (secondary N) is 1. The van der Waals surface area contributed by atoms with Gasteiger partial charge in [-0.2, -0.15) is 0 Å². The van der Waals surface area contributed by atoms with Crippen molar-refractivity contribution in [1.82, 2.24) is 4.98 Å². The zero-order chi connectivity index (χ0) is 12.4. The Bertz CT molecular complexity index is 586. The Morgan fingerprint density at radius 3 is 2.94 bits per heavy atom. The number of rotatable bonds is 2. The third-order valence-corrected chi connectivity index (χ3v) is 3.28. The Morgan fingerprint density at radius 2 is 2.29 bits per heavy atom. The normalized spacial score (nSPS) is 10.3. The number of nitrogens with zero attached hydrogens (tertiary/aromatic N) is 1. The van der Waals surface area contributed by atoms with Gasteiger partial charge >= 0.3 is 5.97 Å². The minimum atomic E-state index is -0.416. The van der Waals surface area contributed by atoms with Crippen LogP contribution in [0.15, 0.2) is 24.4 Å². The van der Waals surface area contributed by atoms with Gasteiger partial charge < -0.3 is 10.2 Å². The van der Waals surface area contributed by atoms with Crippen molar-refractivity contribution in [3.63, 3.8) is 0 Å². The Balaban J connectivity index is 2.69. The average molecular weight is 343 g/mol. The molecule has 0 amide bonds. The molecule has 1 aromatic carbocycles. The van der Waals surface area contributed by atoms with E-state index in [0.29, 0.717) is 5.56 Å². The van der Waals surface area contributed by atoms with Crippen LogP contribution in [0.2, 0.25) is 0 Å². The fourth-order valence-electron chi connectivity index (χ4n) is 1.55. The summed E-state index contributed by atoms with van der Waals surface area (Å²) in [4.78, 5) is 15.6. The monoisotopic (exact) mass is 343 g/mol. The van der Waals surface area contributed by atoms with Gasteiger partial charge in [0, 0.05) is 15.2 Å². The maximum Gasteiger partial charge on any atom is 0.339 e.